The molecule has 0 amide bonds. The number of allylic oxidation sites excluding steroid dienone is 1. The minimum atomic E-state index is -0.175. The number of nitrogens with zero attached hydrogens (tertiary/aromatic N) is 3. The minimum Gasteiger partial charge on any atom is -0.302 e. The van der Waals surface area contributed by atoms with Crippen LogP contribution in [0, 0.1) is 17.9 Å². The summed E-state index contributed by atoms with van der Waals surface area (Å²) >= 11 is 5.30. The lowest BCUT2D eigenvalue weighted by Crippen LogP contribution is -2.16. The molecule has 1 aliphatic rings. The molecule has 0 saturated heterocycles. The molecular formula is C33H21N3S3. The Hall–Kier alpha value is -4.20. The number of nitriles is 1. The Morgan fingerprint density at radius 3 is 2.46 bits per heavy atom. The summed E-state index contributed by atoms with van der Waals surface area (Å²) in [6.45, 7) is 11.9. The summed E-state index contributed by atoms with van der Waals surface area (Å²) in [6, 6.07) is 32.4. The van der Waals surface area contributed by atoms with Crippen LogP contribution in [0.4, 0.5) is 16.4 Å². The van der Waals surface area contributed by atoms with Crippen LogP contribution in [0.2, 0.25) is 0 Å². The van der Waals surface area contributed by atoms with Gasteiger partial charge < -0.3 is 4.90 Å². The molecule has 186 valence electrons. The highest BCUT2D eigenvalue weighted by Gasteiger charge is 2.40. The van der Waals surface area contributed by atoms with Gasteiger partial charge in [-0.1, -0.05) is 56.3 Å². The van der Waals surface area contributed by atoms with Gasteiger partial charge in [-0.15, -0.1) is 34.0 Å². The van der Waals surface area contributed by atoms with E-state index in [0.29, 0.717) is 0 Å². The summed E-state index contributed by atoms with van der Waals surface area (Å²) in [4.78, 5) is 7.99. The molecule has 3 heterocycles. The molecule has 0 fully saturated rings. The zero-order chi connectivity index (χ0) is 26.7. The Morgan fingerprint density at radius 2 is 1.69 bits per heavy atom. The Kier molecular flexibility index (Phi) is 5.47. The Balaban J connectivity index is 1.37. The molecule has 1 aliphatic carbocycles. The molecule has 0 bridgehead atoms. The van der Waals surface area contributed by atoms with Gasteiger partial charge in [0.2, 0.25) is 0 Å². The third kappa shape index (κ3) is 3.72. The molecule has 6 heteroatoms. The lowest BCUT2D eigenvalue weighted by atomic mass is 9.82. The summed E-state index contributed by atoms with van der Waals surface area (Å²) in [6.07, 6.45) is 1.70. The molecule has 0 saturated carbocycles. The van der Waals surface area contributed by atoms with E-state index in [2.05, 4.69) is 109 Å². The Bertz CT molecular complexity index is 1970. The van der Waals surface area contributed by atoms with Crippen molar-refractivity contribution in [1.82, 2.24) is 0 Å². The second-order valence-electron chi connectivity index (χ2n) is 10.0. The minimum absolute atomic E-state index is 0.120. The number of para-hydroxylation sites is 1. The van der Waals surface area contributed by atoms with Crippen LogP contribution in [-0.2, 0) is 5.41 Å². The van der Waals surface area contributed by atoms with Gasteiger partial charge in [0, 0.05) is 35.9 Å². The SMILES string of the molecule is [C-]#[N+]/C(C#N)=C\c1cc2sc3c(c2s1)C(C)(C)c1cc(N(c2ccccc2)c2cc4ccccc4s2)ccc1-3. The summed E-state index contributed by atoms with van der Waals surface area (Å²) in [5.41, 5.74) is 6.22. The highest BCUT2D eigenvalue weighted by Crippen LogP contribution is 2.58. The van der Waals surface area contributed by atoms with E-state index in [1.807, 2.05) is 28.7 Å². The maximum absolute atomic E-state index is 9.22. The smallest absolute Gasteiger partial charge is 0.263 e. The topological polar surface area (TPSA) is 31.4 Å². The lowest BCUT2D eigenvalue weighted by molar-refractivity contribution is 0.668. The van der Waals surface area contributed by atoms with Crippen molar-refractivity contribution in [2.75, 3.05) is 4.90 Å². The molecule has 0 radical (unpaired) electrons. The van der Waals surface area contributed by atoms with Gasteiger partial charge in [0.25, 0.3) is 5.70 Å². The average molecular weight is 556 g/mol. The second-order valence-corrected chi connectivity index (χ2v) is 13.2. The molecule has 0 spiro atoms. The van der Waals surface area contributed by atoms with E-state index in [9.17, 15) is 5.26 Å². The van der Waals surface area contributed by atoms with Crippen LogP contribution in [0.1, 0.15) is 29.9 Å². The van der Waals surface area contributed by atoms with Gasteiger partial charge in [0.15, 0.2) is 0 Å². The number of hydrogen-bond donors (Lipinski definition) is 0. The summed E-state index contributed by atoms with van der Waals surface area (Å²) < 4.78 is 3.76. The van der Waals surface area contributed by atoms with Crippen LogP contribution in [-0.4, -0.2) is 0 Å². The van der Waals surface area contributed by atoms with Gasteiger partial charge in [-0.3, -0.25) is 0 Å². The Morgan fingerprint density at radius 1 is 0.897 bits per heavy atom. The number of fused-ring (bicyclic) bond motifs is 6. The van der Waals surface area contributed by atoms with Crippen LogP contribution in [0.3, 0.4) is 0 Å². The van der Waals surface area contributed by atoms with E-state index in [1.54, 1.807) is 17.4 Å². The predicted octanol–water partition coefficient (Wildman–Crippen LogP) is 10.7. The first-order chi connectivity index (χ1) is 19.0. The van der Waals surface area contributed by atoms with E-state index in [0.717, 1.165) is 16.3 Å². The highest BCUT2D eigenvalue weighted by atomic mass is 32.1. The second kappa shape index (κ2) is 8.93. The van der Waals surface area contributed by atoms with Crippen molar-refractivity contribution in [1.29, 1.82) is 5.26 Å². The maximum atomic E-state index is 9.22. The lowest BCUT2D eigenvalue weighted by Gasteiger charge is -2.27. The monoisotopic (exact) mass is 555 g/mol. The van der Waals surface area contributed by atoms with E-state index in [1.165, 1.54) is 46.1 Å². The van der Waals surface area contributed by atoms with Crippen molar-refractivity contribution in [2.24, 2.45) is 0 Å². The Labute approximate surface area is 239 Å². The van der Waals surface area contributed by atoms with Gasteiger partial charge in [0.05, 0.1) is 17.3 Å². The van der Waals surface area contributed by atoms with Crippen molar-refractivity contribution in [2.45, 2.75) is 19.3 Å². The van der Waals surface area contributed by atoms with Crippen molar-refractivity contribution in [3.05, 3.63) is 118 Å². The first-order valence-electron chi connectivity index (χ1n) is 12.5. The van der Waals surface area contributed by atoms with Crippen molar-refractivity contribution >= 4 is 75.9 Å². The quantitative estimate of drug-likeness (QED) is 0.160. The zero-order valence-corrected chi connectivity index (χ0v) is 23.7. The van der Waals surface area contributed by atoms with Crippen LogP contribution >= 0.6 is 34.0 Å². The van der Waals surface area contributed by atoms with Gasteiger partial charge in [-0.25, -0.2) is 10.1 Å². The fraction of sp³-hybridized carbons (Fsp3) is 0.0909. The van der Waals surface area contributed by atoms with Crippen molar-refractivity contribution in [3.8, 4) is 16.5 Å². The standard InChI is InChI=1S/C33H21N3S3/c1-33(2)26-17-23(36(22-10-5-4-6-11-22)29-15-20-9-7-8-12-27(20)38-29)13-14-25(26)31-30(33)32-28(39-31)18-24(37-32)16-21(19-34)35-3/h4-18H,1-2H3/b21-16-. The largest absolute Gasteiger partial charge is 0.302 e. The zero-order valence-electron chi connectivity index (χ0n) is 21.2. The van der Waals surface area contributed by atoms with E-state index >= 15 is 0 Å². The first-order valence-corrected chi connectivity index (χ1v) is 15.0. The summed E-state index contributed by atoms with van der Waals surface area (Å²) in [5, 5.41) is 11.7. The molecule has 0 N–H and O–H groups in total. The molecule has 39 heavy (non-hydrogen) atoms. The number of rotatable bonds is 4. The van der Waals surface area contributed by atoms with E-state index < -0.39 is 0 Å². The maximum Gasteiger partial charge on any atom is 0.263 e. The molecule has 3 nitrogen and oxygen atoms in total. The average Bonchev–Trinajstić information content (AvgIpc) is 3.68. The van der Waals surface area contributed by atoms with Crippen LogP contribution in [0.15, 0.2) is 90.6 Å². The van der Waals surface area contributed by atoms with E-state index in [-0.39, 0.29) is 11.1 Å². The van der Waals surface area contributed by atoms with Gasteiger partial charge in [-0.05, 0) is 70.6 Å². The summed E-state index contributed by atoms with van der Waals surface area (Å²) in [5.74, 6) is 0. The molecule has 3 aromatic carbocycles. The van der Waals surface area contributed by atoms with Crippen LogP contribution < -0.4 is 4.90 Å². The normalized spacial score (nSPS) is 13.7. The van der Waals surface area contributed by atoms with Crippen LogP contribution in [0.5, 0.6) is 0 Å². The molecular weight excluding hydrogens is 535 g/mol. The number of benzene rings is 3. The van der Waals surface area contributed by atoms with Crippen LogP contribution in [0.25, 0.3) is 40.8 Å². The predicted molar refractivity (Wildman–Crippen MR) is 168 cm³/mol. The molecule has 0 unspecified atom stereocenters. The van der Waals surface area contributed by atoms with Crippen molar-refractivity contribution < 1.29 is 0 Å². The van der Waals surface area contributed by atoms with Gasteiger partial charge in [-0.2, -0.15) is 0 Å². The molecule has 0 atom stereocenters. The number of hydrogen-bond acceptors (Lipinski definition) is 5. The number of thiophene rings is 3. The molecule has 3 aromatic heterocycles. The third-order valence-electron chi connectivity index (χ3n) is 7.35. The van der Waals surface area contributed by atoms with Gasteiger partial charge in [0.1, 0.15) is 5.00 Å². The summed E-state index contributed by atoms with van der Waals surface area (Å²) in [7, 11) is 0. The molecule has 7 rings (SSSR count). The fourth-order valence-electron chi connectivity index (χ4n) is 5.54. The fourth-order valence-corrected chi connectivity index (χ4v) is 9.58. The third-order valence-corrected chi connectivity index (χ3v) is 10.8. The molecule has 6 aromatic rings. The number of anilines is 3. The van der Waals surface area contributed by atoms with Crippen molar-refractivity contribution in [3.63, 3.8) is 0 Å². The van der Waals surface area contributed by atoms with E-state index in [4.69, 9.17) is 6.57 Å². The molecule has 0 aliphatic heterocycles. The first kappa shape index (κ1) is 23.9. The van der Waals surface area contributed by atoms with Gasteiger partial charge >= 0.3 is 0 Å². The highest BCUT2D eigenvalue weighted by molar-refractivity contribution is 7.30.